The van der Waals surface area contributed by atoms with E-state index in [2.05, 4.69) is 21.4 Å². The molecule has 5 heteroatoms. The van der Waals surface area contributed by atoms with E-state index >= 15 is 0 Å². The van der Waals surface area contributed by atoms with Crippen LogP contribution < -0.4 is 11.3 Å². The molecular formula is C16H22BrFN2O. The first-order valence-corrected chi connectivity index (χ1v) is 8.48. The number of ether oxygens (including phenoxy) is 1. The summed E-state index contributed by atoms with van der Waals surface area (Å²) in [7, 11) is 0. The summed E-state index contributed by atoms with van der Waals surface area (Å²) in [4.78, 5) is 0. The summed E-state index contributed by atoms with van der Waals surface area (Å²) in [5, 5.41) is 0. The molecule has 3 nitrogen and oxygen atoms in total. The number of nitrogens with two attached hydrogens (primary N) is 1. The van der Waals surface area contributed by atoms with Crippen LogP contribution in [0.25, 0.3) is 0 Å². The molecule has 1 aliphatic heterocycles. The topological polar surface area (TPSA) is 47.3 Å². The fraction of sp³-hybridized carbons (Fsp3) is 0.625. The first-order chi connectivity index (χ1) is 10.1. The van der Waals surface area contributed by atoms with Gasteiger partial charge in [-0.05, 0) is 49.3 Å². The van der Waals surface area contributed by atoms with Gasteiger partial charge in [0.1, 0.15) is 5.82 Å². The van der Waals surface area contributed by atoms with Gasteiger partial charge in [-0.1, -0.05) is 34.8 Å². The summed E-state index contributed by atoms with van der Waals surface area (Å²) in [5.41, 5.74) is 4.03. The second kappa shape index (κ2) is 6.32. The van der Waals surface area contributed by atoms with Gasteiger partial charge >= 0.3 is 0 Å². The second-order valence-electron chi connectivity index (χ2n) is 6.30. The molecule has 1 aromatic carbocycles. The average molecular weight is 357 g/mol. The Kier molecular flexibility index (Phi) is 4.64. The van der Waals surface area contributed by atoms with E-state index in [1.165, 1.54) is 25.0 Å². The summed E-state index contributed by atoms with van der Waals surface area (Å²) in [6, 6.07) is 4.85. The normalized spacial score (nSPS) is 26.1. The van der Waals surface area contributed by atoms with Gasteiger partial charge in [0, 0.05) is 11.1 Å². The number of halogens is 2. The molecule has 1 heterocycles. The van der Waals surface area contributed by atoms with Gasteiger partial charge in [-0.3, -0.25) is 11.3 Å². The lowest BCUT2D eigenvalue weighted by Gasteiger charge is -2.41. The third kappa shape index (κ3) is 3.16. The monoisotopic (exact) mass is 356 g/mol. The van der Waals surface area contributed by atoms with E-state index in [9.17, 15) is 4.39 Å². The Morgan fingerprint density at radius 2 is 2.14 bits per heavy atom. The maximum absolute atomic E-state index is 13.3. The largest absolute Gasteiger partial charge is 0.375 e. The van der Waals surface area contributed by atoms with Crippen molar-refractivity contribution in [3.63, 3.8) is 0 Å². The minimum Gasteiger partial charge on any atom is -0.375 e. The Morgan fingerprint density at radius 1 is 1.38 bits per heavy atom. The molecule has 0 amide bonds. The van der Waals surface area contributed by atoms with E-state index in [-0.39, 0.29) is 17.5 Å². The Balaban J connectivity index is 1.82. The van der Waals surface area contributed by atoms with E-state index in [0.717, 1.165) is 42.3 Å². The van der Waals surface area contributed by atoms with Crippen molar-refractivity contribution in [2.24, 2.45) is 11.8 Å². The van der Waals surface area contributed by atoms with Crippen LogP contribution in [-0.2, 0) is 4.74 Å². The van der Waals surface area contributed by atoms with Crippen molar-refractivity contribution < 1.29 is 9.13 Å². The fourth-order valence-electron chi connectivity index (χ4n) is 3.95. The van der Waals surface area contributed by atoms with Crippen LogP contribution in [-0.4, -0.2) is 12.2 Å². The number of hydrogen-bond acceptors (Lipinski definition) is 3. The Labute approximate surface area is 133 Å². The van der Waals surface area contributed by atoms with Crippen molar-refractivity contribution >= 4 is 15.9 Å². The lowest BCUT2D eigenvalue weighted by atomic mass is 9.79. The van der Waals surface area contributed by atoms with Gasteiger partial charge < -0.3 is 4.74 Å². The third-order valence-electron chi connectivity index (χ3n) is 4.99. The summed E-state index contributed by atoms with van der Waals surface area (Å²) in [5.74, 6) is 6.01. The highest BCUT2D eigenvalue weighted by atomic mass is 79.9. The van der Waals surface area contributed by atoms with Crippen LogP contribution in [0.3, 0.4) is 0 Å². The van der Waals surface area contributed by atoms with Crippen molar-refractivity contribution in [1.29, 1.82) is 0 Å². The number of hydrazine groups is 1. The smallest absolute Gasteiger partial charge is 0.124 e. The summed E-state index contributed by atoms with van der Waals surface area (Å²) >= 11 is 3.46. The van der Waals surface area contributed by atoms with Crippen LogP contribution in [0.5, 0.6) is 0 Å². The van der Waals surface area contributed by atoms with E-state index in [0.29, 0.717) is 5.92 Å². The van der Waals surface area contributed by atoms with Gasteiger partial charge in [-0.25, -0.2) is 4.39 Å². The summed E-state index contributed by atoms with van der Waals surface area (Å²) in [6.07, 6.45) is 6.85. The molecule has 3 N–H and O–H groups in total. The molecule has 2 unspecified atom stereocenters. The minimum absolute atomic E-state index is 0.0290. The molecule has 0 bridgehead atoms. The predicted molar refractivity (Wildman–Crippen MR) is 84.0 cm³/mol. The fourth-order valence-corrected chi connectivity index (χ4v) is 4.55. The molecule has 1 aromatic rings. The van der Waals surface area contributed by atoms with Crippen molar-refractivity contribution in [3.8, 4) is 0 Å². The molecule has 1 saturated carbocycles. The Hall–Kier alpha value is -0.490. The number of rotatable bonds is 3. The molecule has 2 atom stereocenters. The molecule has 3 rings (SSSR count). The Bertz CT molecular complexity index is 505. The maximum Gasteiger partial charge on any atom is 0.124 e. The number of hydrogen-bond donors (Lipinski definition) is 2. The zero-order valence-electron chi connectivity index (χ0n) is 12.1. The molecule has 21 heavy (non-hydrogen) atoms. The van der Waals surface area contributed by atoms with Gasteiger partial charge in [-0.15, -0.1) is 0 Å². The number of nitrogens with one attached hydrogen (secondary N) is 1. The lowest BCUT2D eigenvalue weighted by molar-refractivity contribution is -0.0982. The van der Waals surface area contributed by atoms with Crippen molar-refractivity contribution in [2.45, 2.75) is 50.2 Å². The molecule has 2 fully saturated rings. The highest BCUT2D eigenvalue weighted by Crippen LogP contribution is 2.45. The third-order valence-corrected chi connectivity index (χ3v) is 5.68. The first-order valence-electron chi connectivity index (χ1n) is 7.69. The van der Waals surface area contributed by atoms with Crippen LogP contribution in [0.4, 0.5) is 4.39 Å². The van der Waals surface area contributed by atoms with Crippen molar-refractivity contribution in [2.75, 3.05) is 6.61 Å². The van der Waals surface area contributed by atoms with E-state index < -0.39 is 0 Å². The standard InChI is InChI=1S/C16H22BrFN2O/c17-14-9-12(18)3-4-13(14)15(20-19)11-5-8-21-16(10-11)6-1-2-7-16/h3-4,9,11,15,20H,1-2,5-8,10,19H2. The van der Waals surface area contributed by atoms with Crippen LogP contribution in [0.15, 0.2) is 22.7 Å². The van der Waals surface area contributed by atoms with Crippen LogP contribution in [0.1, 0.15) is 50.1 Å². The first kappa shape index (κ1) is 15.4. The quantitative estimate of drug-likeness (QED) is 0.639. The predicted octanol–water partition coefficient (Wildman–Crippen LogP) is 3.83. The van der Waals surface area contributed by atoms with Crippen molar-refractivity contribution in [3.05, 3.63) is 34.1 Å². The molecule has 2 aliphatic rings. The second-order valence-corrected chi connectivity index (χ2v) is 7.16. The average Bonchev–Trinajstić information content (AvgIpc) is 2.90. The Morgan fingerprint density at radius 3 is 2.81 bits per heavy atom. The van der Waals surface area contributed by atoms with E-state index in [1.54, 1.807) is 0 Å². The highest BCUT2D eigenvalue weighted by Gasteiger charge is 2.42. The molecule has 1 saturated heterocycles. The molecule has 0 radical (unpaired) electrons. The number of benzene rings is 1. The molecule has 0 aromatic heterocycles. The molecule has 116 valence electrons. The van der Waals surface area contributed by atoms with Crippen LogP contribution >= 0.6 is 15.9 Å². The lowest BCUT2D eigenvalue weighted by Crippen LogP contribution is -2.43. The van der Waals surface area contributed by atoms with E-state index in [1.807, 2.05) is 6.07 Å². The zero-order chi connectivity index (χ0) is 14.9. The van der Waals surface area contributed by atoms with Crippen LogP contribution in [0.2, 0.25) is 0 Å². The zero-order valence-corrected chi connectivity index (χ0v) is 13.7. The van der Waals surface area contributed by atoms with Gasteiger partial charge in [0.15, 0.2) is 0 Å². The maximum atomic E-state index is 13.3. The van der Waals surface area contributed by atoms with Gasteiger partial charge in [0.05, 0.1) is 11.6 Å². The van der Waals surface area contributed by atoms with Gasteiger partial charge in [0.2, 0.25) is 0 Å². The molecular weight excluding hydrogens is 335 g/mol. The van der Waals surface area contributed by atoms with Crippen LogP contribution in [0, 0.1) is 11.7 Å². The summed E-state index contributed by atoms with van der Waals surface area (Å²) < 4.78 is 20.2. The van der Waals surface area contributed by atoms with Crippen molar-refractivity contribution in [1.82, 2.24) is 5.43 Å². The van der Waals surface area contributed by atoms with E-state index in [4.69, 9.17) is 10.6 Å². The van der Waals surface area contributed by atoms with Gasteiger partial charge in [0.25, 0.3) is 0 Å². The van der Waals surface area contributed by atoms with Gasteiger partial charge in [-0.2, -0.15) is 0 Å². The molecule has 1 spiro atoms. The SMILES string of the molecule is NNC(c1ccc(F)cc1Br)C1CCOC2(CCCC2)C1. The highest BCUT2D eigenvalue weighted by molar-refractivity contribution is 9.10. The molecule has 1 aliphatic carbocycles. The minimum atomic E-state index is -0.236. The summed E-state index contributed by atoms with van der Waals surface area (Å²) in [6.45, 7) is 0.793.